The van der Waals surface area contributed by atoms with Crippen molar-refractivity contribution in [2.24, 2.45) is 0 Å². The van der Waals surface area contributed by atoms with Gasteiger partial charge < -0.3 is 28.7 Å². The molecule has 0 amide bonds. The molecule has 1 fully saturated rings. The number of pyridine rings is 1. The van der Waals surface area contributed by atoms with Crippen molar-refractivity contribution in [2.75, 3.05) is 27.4 Å². The van der Waals surface area contributed by atoms with Gasteiger partial charge in [-0.3, -0.25) is 4.79 Å². The highest BCUT2D eigenvalue weighted by atomic mass is 19.1. The fourth-order valence-electron chi connectivity index (χ4n) is 4.83. The van der Waals surface area contributed by atoms with Gasteiger partial charge in [-0.2, -0.15) is 0 Å². The molecule has 5 rings (SSSR count). The highest BCUT2D eigenvalue weighted by molar-refractivity contribution is 5.97. The zero-order valence-corrected chi connectivity index (χ0v) is 19.7. The second-order valence-corrected chi connectivity index (χ2v) is 8.90. The lowest BCUT2D eigenvalue weighted by Gasteiger charge is -2.49. The Labute approximate surface area is 196 Å². The quantitative estimate of drug-likeness (QED) is 0.607. The molecule has 8 heteroatoms. The van der Waals surface area contributed by atoms with Crippen molar-refractivity contribution >= 4 is 10.8 Å². The predicted molar refractivity (Wildman–Crippen MR) is 124 cm³/mol. The van der Waals surface area contributed by atoms with Crippen molar-refractivity contribution in [3.8, 4) is 16.9 Å². The molecular weight excluding hydrogens is 441 g/mol. The number of aryl methyl sites for hydroxylation is 1. The molecule has 1 aromatic heterocycles. The van der Waals surface area contributed by atoms with Crippen LogP contribution in [0.15, 0.2) is 41.2 Å². The minimum Gasteiger partial charge on any atom is -0.490 e. The molecule has 0 aliphatic carbocycles. The van der Waals surface area contributed by atoms with Crippen LogP contribution >= 0.6 is 0 Å². The van der Waals surface area contributed by atoms with E-state index in [1.165, 1.54) is 20.3 Å². The van der Waals surface area contributed by atoms with Crippen LogP contribution in [-0.2, 0) is 25.4 Å². The van der Waals surface area contributed by atoms with Crippen LogP contribution in [-0.4, -0.2) is 44.0 Å². The summed E-state index contributed by atoms with van der Waals surface area (Å²) in [5, 5.41) is 1.20. The van der Waals surface area contributed by atoms with Gasteiger partial charge in [-0.15, -0.1) is 0 Å². The number of aromatic nitrogens is 1. The van der Waals surface area contributed by atoms with Gasteiger partial charge in [0.1, 0.15) is 6.10 Å². The number of methoxy groups -OCH3 is 2. The minimum absolute atomic E-state index is 0.0983. The van der Waals surface area contributed by atoms with E-state index >= 15 is 4.39 Å². The number of benzene rings is 2. The van der Waals surface area contributed by atoms with Gasteiger partial charge in [0, 0.05) is 25.2 Å². The van der Waals surface area contributed by atoms with Gasteiger partial charge >= 0.3 is 0 Å². The van der Waals surface area contributed by atoms with Gasteiger partial charge in [-0.05, 0) is 61.4 Å². The van der Waals surface area contributed by atoms with Crippen LogP contribution in [0.25, 0.3) is 21.9 Å². The Morgan fingerprint density at radius 1 is 1.09 bits per heavy atom. The van der Waals surface area contributed by atoms with Crippen molar-refractivity contribution in [1.82, 2.24) is 4.98 Å². The summed E-state index contributed by atoms with van der Waals surface area (Å²) in [5.41, 5.74) is 2.33. The Kier molecular flexibility index (Phi) is 5.72. The Hall–Kier alpha value is -2.78. The SMILES string of the molecule is COC1(C)OCC(c2[nH]c(=O)c3ccccc3c2-c2cc(F)c3c(c2)CCCO3)OC1(C)OC. The molecule has 2 aliphatic rings. The maximum absolute atomic E-state index is 15.1. The number of aromatic amines is 1. The smallest absolute Gasteiger partial charge is 0.256 e. The molecule has 1 saturated heterocycles. The second-order valence-electron chi connectivity index (χ2n) is 8.90. The predicted octanol–water partition coefficient (Wildman–Crippen LogP) is 4.47. The molecule has 3 atom stereocenters. The number of rotatable bonds is 4. The second kappa shape index (κ2) is 8.46. The zero-order valence-electron chi connectivity index (χ0n) is 19.7. The van der Waals surface area contributed by atoms with Gasteiger partial charge in [-0.25, -0.2) is 4.39 Å². The fourth-order valence-corrected chi connectivity index (χ4v) is 4.83. The number of fused-ring (bicyclic) bond motifs is 2. The van der Waals surface area contributed by atoms with E-state index in [-0.39, 0.29) is 12.2 Å². The van der Waals surface area contributed by atoms with E-state index in [9.17, 15) is 4.79 Å². The van der Waals surface area contributed by atoms with Crippen molar-refractivity contribution in [3.05, 3.63) is 63.8 Å². The zero-order chi connectivity index (χ0) is 24.1. The molecule has 0 spiro atoms. The van der Waals surface area contributed by atoms with Crippen molar-refractivity contribution in [3.63, 3.8) is 0 Å². The number of nitrogens with one attached hydrogen (secondary N) is 1. The first-order chi connectivity index (χ1) is 16.3. The summed E-state index contributed by atoms with van der Waals surface area (Å²) in [6, 6.07) is 10.6. The lowest BCUT2D eigenvalue weighted by Crippen LogP contribution is -2.60. The number of halogens is 1. The Bertz CT molecular complexity index is 1310. The van der Waals surface area contributed by atoms with Crippen molar-refractivity contribution in [2.45, 2.75) is 44.4 Å². The molecule has 2 aromatic carbocycles. The average Bonchev–Trinajstić information content (AvgIpc) is 2.85. The normalized spacial score (nSPS) is 26.8. The molecule has 0 radical (unpaired) electrons. The maximum Gasteiger partial charge on any atom is 0.256 e. The average molecular weight is 470 g/mol. The molecule has 7 nitrogen and oxygen atoms in total. The monoisotopic (exact) mass is 469 g/mol. The van der Waals surface area contributed by atoms with E-state index in [1.54, 1.807) is 26.0 Å². The number of hydrogen-bond acceptors (Lipinski definition) is 6. The van der Waals surface area contributed by atoms with Crippen LogP contribution in [0.3, 0.4) is 0 Å². The summed E-state index contributed by atoms with van der Waals surface area (Å²) in [7, 11) is 3.02. The molecule has 0 bridgehead atoms. The number of hydrogen-bond donors (Lipinski definition) is 1. The largest absolute Gasteiger partial charge is 0.490 e. The minimum atomic E-state index is -1.26. The lowest BCUT2D eigenvalue weighted by atomic mass is 9.92. The van der Waals surface area contributed by atoms with Crippen LogP contribution in [0, 0.1) is 5.82 Å². The molecule has 2 aliphatic heterocycles. The fraction of sp³-hybridized carbons (Fsp3) is 0.423. The molecule has 3 heterocycles. The Morgan fingerprint density at radius 3 is 2.56 bits per heavy atom. The molecule has 180 valence electrons. The van der Waals surface area contributed by atoms with Gasteiger partial charge in [0.15, 0.2) is 11.6 Å². The first-order valence-electron chi connectivity index (χ1n) is 11.3. The van der Waals surface area contributed by atoms with Gasteiger partial charge in [0.05, 0.1) is 18.9 Å². The molecule has 3 unspecified atom stereocenters. The van der Waals surface area contributed by atoms with Crippen LogP contribution in [0.1, 0.15) is 37.6 Å². The lowest BCUT2D eigenvalue weighted by molar-refractivity contribution is -0.433. The van der Waals surface area contributed by atoms with Gasteiger partial charge in [0.2, 0.25) is 11.6 Å². The van der Waals surface area contributed by atoms with Gasteiger partial charge in [-0.1, -0.05) is 18.2 Å². The van der Waals surface area contributed by atoms with E-state index in [0.717, 1.165) is 12.0 Å². The van der Waals surface area contributed by atoms with Crippen LogP contribution in [0.5, 0.6) is 5.75 Å². The summed E-state index contributed by atoms with van der Waals surface area (Å²) < 4.78 is 44.3. The summed E-state index contributed by atoms with van der Waals surface area (Å²) in [5.74, 6) is -2.56. The summed E-state index contributed by atoms with van der Waals surface area (Å²) in [4.78, 5) is 16.0. The molecule has 34 heavy (non-hydrogen) atoms. The van der Waals surface area contributed by atoms with E-state index in [1.807, 2.05) is 18.2 Å². The third-order valence-electron chi connectivity index (χ3n) is 7.01. The molecule has 3 aromatic rings. The van der Waals surface area contributed by atoms with E-state index in [2.05, 4.69) is 4.98 Å². The van der Waals surface area contributed by atoms with E-state index in [0.29, 0.717) is 46.4 Å². The molecule has 1 N–H and O–H groups in total. The highest BCUT2D eigenvalue weighted by Gasteiger charge is 2.54. The summed E-state index contributed by atoms with van der Waals surface area (Å²) >= 11 is 0. The first kappa shape index (κ1) is 23.0. The van der Waals surface area contributed by atoms with Gasteiger partial charge in [0.25, 0.3) is 5.56 Å². The maximum atomic E-state index is 15.1. The van der Waals surface area contributed by atoms with E-state index in [4.69, 9.17) is 23.7 Å². The third-order valence-corrected chi connectivity index (χ3v) is 7.01. The Balaban J connectivity index is 1.73. The molecule has 0 saturated carbocycles. The van der Waals surface area contributed by atoms with E-state index < -0.39 is 23.5 Å². The highest BCUT2D eigenvalue weighted by Crippen LogP contribution is 2.44. The first-order valence-corrected chi connectivity index (χ1v) is 11.3. The third kappa shape index (κ3) is 3.53. The number of ether oxygens (including phenoxy) is 5. The van der Waals surface area contributed by atoms with Crippen molar-refractivity contribution in [1.29, 1.82) is 0 Å². The topological polar surface area (TPSA) is 79.0 Å². The summed E-state index contributed by atoms with van der Waals surface area (Å²) in [6.45, 7) is 4.05. The number of H-pyrrole nitrogens is 1. The van der Waals surface area contributed by atoms with Crippen LogP contribution in [0.2, 0.25) is 0 Å². The Morgan fingerprint density at radius 2 is 1.82 bits per heavy atom. The molecular formula is C26H28FNO6. The van der Waals surface area contributed by atoms with Crippen molar-refractivity contribution < 1.29 is 28.1 Å². The van der Waals surface area contributed by atoms with Crippen LogP contribution < -0.4 is 10.3 Å². The summed E-state index contributed by atoms with van der Waals surface area (Å²) in [6.07, 6.45) is 0.834. The van der Waals surface area contributed by atoms with Crippen LogP contribution in [0.4, 0.5) is 4.39 Å². The standard InChI is InChI=1S/C26H28FNO6/c1-25(30-3)26(2,31-4)34-20(14-33-25)22-21(17-9-5-6-10-18(17)24(29)28-22)16-12-15-8-7-11-32-23(15)19(27)13-16/h5-6,9-10,12-13,20H,7-8,11,14H2,1-4H3,(H,28,29).